The Kier molecular flexibility index (Phi) is 56.0. The van der Waals surface area contributed by atoms with Crippen molar-refractivity contribution >= 4 is 11.9 Å². The first-order valence-corrected chi connectivity index (χ1v) is 28.7. The molecule has 70 heavy (non-hydrogen) atoms. The molecule has 0 spiro atoms. The molecule has 0 saturated heterocycles. The molecular formula is C65H106O5. The van der Waals surface area contributed by atoms with Crippen molar-refractivity contribution in [3.63, 3.8) is 0 Å². The van der Waals surface area contributed by atoms with E-state index in [1.165, 1.54) is 109 Å². The van der Waals surface area contributed by atoms with E-state index in [9.17, 15) is 14.7 Å². The van der Waals surface area contributed by atoms with Gasteiger partial charge in [-0.3, -0.25) is 9.59 Å². The lowest BCUT2D eigenvalue weighted by Crippen LogP contribution is -2.28. The Morgan fingerprint density at radius 2 is 0.614 bits per heavy atom. The molecule has 0 aromatic heterocycles. The lowest BCUT2D eigenvalue weighted by Gasteiger charge is -2.15. The van der Waals surface area contributed by atoms with E-state index in [-0.39, 0.29) is 25.2 Å². The Morgan fingerprint density at radius 3 is 0.929 bits per heavy atom. The Hall–Kier alpha value is -3.96. The lowest BCUT2D eigenvalue weighted by atomic mass is 10.0. The van der Waals surface area contributed by atoms with E-state index in [2.05, 4.69) is 148 Å². The van der Waals surface area contributed by atoms with Gasteiger partial charge in [-0.25, -0.2) is 0 Å². The maximum atomic E-state index is 12.3. The third-order valence-corrected chi connectivity index (χ3v) is 11.9. The highest BCUT2D eigenvalue weighted by molar-refractivity contribution is 5.70. The van der Waals surface area contributed by atoms with Crippen LogP contribution in [0.3, 0.4) is 0 Å². The van der Waals surface area contributed by atoms with E-state index in [0.29, 0.717) is 12.8 Å². The quantitative estimate of drug-likeness (QED) is 0.0374. The number of aliphatic hydroxyl groups is 1. The Labute approximate surface area is 432 Å². The summed E-state index contributed by atoms with van der Waals surface area (Å²) >= 11 is 0. The van der Waals surface area contributed by atoms with Crippen LogP contribution in [0.4, 0.5) is 0 Å². The van der Waals surface area contributed by atoms with E-state index in [1.807, 2.05) is 0 Å². The van der Waals surface area contributed by atoms with Crippen molar-refractivity contribution in [2.24, 2.45) is 0 Å². The van der Waals surface area contributed by atoms with E-state index in [4.69, 9.17) is 9.47 Å². The smallest absolute Gasteiger partial charge is 0.306 e. The molecule has 1 atom stereocenters. The molecule has 1 unspecified atom stereocenters. The predicted molar refractivity (Wildman–Crippen MR) is 306 cm³/mol. The second-order valence-corrected chi connectivity index (χ2v) is 18.6. The van der Waals surface area contributed by atoms with Crippen LogP contribution in [0, 0.1) is 0 Å². The number of hydrogen-bond acceptors (Lipinski definition) is 5. The molecule has 0 aliphatic heterocycles. The van der Waals surface area contributed by atoms with Gasteiger partial charge in [0.2, 0.25) is 0 Å². The zero-order valence-corrected chi connectivity index (χ0v) is 45.2. The van der Waals surface area contributed by atoms with Gasteiger partial charge in [0.15, 0.2) is 6.10 Å². The minimum atomic E-state index is -0.788. The molecule has 0 aliphatic carbocycles. The van der Waals surface area contributed by atoms with Crippen LogP contribution in [0.2, 0.25) is 0 Å². The fraction of sp³-hybridized carbons (Fsp3) is 0.631. The molecule has 1 N–H and O–H groups in total. The topological polar surface area (TPSA) is 72.8 Å². The number of rotatable bonds is 51. The number of aliphatic hydroxyl groups excluding tert-OH is 1. The van der Waals surface area contributed by atoms with Crippen LogP contribution in [-0.2, 0) is 19.1 Å². The fourth-order valence-corrected chi connectivity index (χ4v) is 7.64. The monoisotopic (exact) mass is 967 g/mol. The molecule has 0 fully saturated rings. The van der Waals surface area contributed by atoms with Crippen LogP contribution in [0.1, 0.15) is 245 Å². The minimum absolute atomic E-state index is 0.0797. The van der Waals surface area contributed by atoms with Crippen molar-refractivity contribution < 1.29 is 24.2 Å². The number of hydrogen-bond donors (Lipinski definition) is 1. The van der Waals surface area contributed by atoms with Crippen molar-refractivity contribution in [2.45, 2.75) is 251 Å². The molecule has 0 amide bonds. The van der Waals surface area contributed by atoms with E-state index in [0.717, 1.165) is 109 Å². The molecular weight excluding hydrogens is 861 g/mol. The van der Waals surface area contributed by atoms with Crippen LogP contribution >= 0.6 is 0 Å². The summed E-state index contributed by atoms with van der Waals surface area (Å²) in [5.41, 5.74) is 0. The third-order valence-electron chi connectivity index (χ3n) is 11.9. The summed E-state index contributed by atoms with van der Waals surface area (Å²) in [7, 11) is 0. The molecule has 0 rings (SSSR count). The summed E-state index contributed by atoms with van der Waals surface area (Å²) in [6.07, 6.45) is 88.5. The Balaban J connectivity index is 3.57. The summed E-state index contributed by atoms with van der Waals surface area (Å²) in [5, 5.41) is 9.65. The summed E-state index contributed by atoms with van der Waals surface area (Å²) in [4.78, 5) is 24.5. The van der Waals surface area contributed by atoms with Gasteiger partial charge in [-0.1, -0.05) is 250 Å². The minimum Gasteiger partial charge on any atom is -0.462 e. The number of carbonyl (C=O) groups is 2. The zero-order valence-electron chi connectivity index (χ0n) is 45.2. The molecule has 0 aromatic carbocycles. The van der Waals surface area contributed by atoms with Gasteiger partial charge in [-0.15, -0.1) is 0 Å². The standard InChI is InChI=1S/C65H106O5/c1-3-5-7-9-11-13-15-17-19-21-23-24-25-26-27-28-29-30-31-32-33-34-35-36-37-38-39-40-42-44-46-48-50-52-54-56-58-60-65(68)70-63(61-66)62-69-64(67)59-57-55-53-51-49-47-45-43-41-22-20-18-16-14-12-10-8-6-4-2/h5,7,11-14,17-20,23-24,26-27,29-30,32-33,35-36,41,43,63,66H,3-4,6,8-10,15-16,21-22,25,28,31,34,37-40,42,44-62H2,1-2H3/b7-5-,13-11-,14-12-,19-17-,20-18-,24-23-,27-26-,30-29-,33-32-,36-35-,43-41-. The largest absolute Gasteiger partial charge is 0.462 e. The molecule has 5 heteroatoms. The zero-order chi connectivity index (χ0) is 50.6. The van der Waals surface area contributed by atoms with Gasteiger partial charge in [0.25, 0.3) is 0 Å². The number of carbonyl (C=O) groups excluding carboxylic acids is 2. The predicted octanol–water partition coefficient (Wildman–Crippen LogP) is 19.6. The number of esters is 2. The lowest BCUT2D eigenvalue weighted by molar-refractivity contribution is -0.161. The molecule has 0 aliphatic rings. The summed E-state index contributed by atoms with van der Waals surface area (Å²) < 4.78 is 10.7. The molecule has 0 radical (unpaired) electrons. The number of unbranched alkanes of at least 4 members (excludes halogenated alkanes) is 21. The van der Waals surface area contributed by atoms with Crippen molar-refractivity contribution in [1.29, 1.82) is 0 Å². The van der Waals surface area contributed by atoms with Gasteiger partial charge in [0.05, 0.1) is 6.61 Å². The normalized spacial score (nSPS) is 13.2. The molecule has 0 bridgehead atoms. The second kappa shape index (κ2) is 59.3. The van der Waals surface area contributed by atoms with Crippen LogP contribution in [0.25, 0.3) is 0 Å². The average molecular weight is 968 g/mol. The van der Waals surface area contributed by atoms with Gasteiger partial charge in [-0.2, -0.15) is 0 Å². The highest BCUT2D eigenvalue weighted by atomic mass is 16.6. The number of allylic oxidation sites excluding steroid dienone is 22. The van der Waals surface area contributed by atoms with Gasteiger partial charge in [0, 0.05) is 12.8 Å². The fourth-order valence-electron chi connectivity index (χ4n) is 7.64. The first-order valence-electron chi connectivity index (χ1n) is 28.7. The Morgan fingerprint density at radius 1 is 0.343 bits per heavy atom. The summed E-state index contributed by atoms with van der Waals surface area (Å²) in [6.45, 7) is 3.99. The van der Waals surface area contributed by atoms with Crippen LogP contribution in [-0.4, -0.2) is 36.4 Å². The molecule has 0 heterocycles. The third kappa shape index (κ3) is 56.6. The van der Waals surface area contributed by atoms with E-state index >= 15 is 0 Å². The average Bonchev–Trinajstić information content (AvgIpc) is 3.36. The first-order chi connectivity index (χ1) is 34.6. The molecule has 0 saturated carbocycles. The summed E-state index contributed by atoms with van der Waals surface area (Å²) in [6, 6.07) is 0. The number of ether oxygens (including phenoxy) is 2. The van der Waals surface area contributed by atoms with Crippen LogP contribution in [0.15, 0.2) is 134 Å². The van der Waals surface area contributed by atoms with Gasteiger partial charge >= 0.3 is 11.9 Å². The molecule has 5 nitrogen and oxygen atoms in total. The van der Waals surface area contributed by atoms with E-state index < -0.39 is 6.10 Å². The van der Waals surface area contributed by atoms with E-state index in [1.54, 1.807) is 0 Å². The Bertz CT molecular complexity index is 1470. The highest BCUT2D eigenvalue weighted by Crippen LogP contribution is 2.15. The van der Waals surface area contributed by atoms with Crippen LogP contribution in [0.5, 0.6) is 0 Å². The van der Waals surface area contributed by atoms with Gasteiger partial charge < -0.3 is 14.6 Å². The summed E-state index contributed by atoms with van der Waals surface area (Å²) in [5.74, 6) is -0.612. The van der Waals surface area contributed by atoms with Crippen molar-refractivity contribution in [1.82, 2.24) is 0 Å². The van der Waals surface area contributed by atoms with Crippen molar-refractivity contribution in [3.8, 4) is 0 Å². The van der Waals surface area contributed by atoms with Crippen molar-refractivity contribution in [3.05, 3.63) is 134 Å². The first kappa shape index (κ1) is 66.0. The maximum Gasteiger partial charge on any atom is 0.306 e. The molecule has 0 aromatic rings. The van der Waals surface area contributed by atoms with Crippen LogP contribution < -0.4 is 0 Å². The molecule has 396 valence electrons. The van der Waals surface area contributed by atoms with Gasteiger partial charge in [-0.05, 0) is 116 Å². The SMILES string of the molecule is CC/C=C\C/C=C\C/C=C\C/C=C\C/C=C\C/C=C\C/C=C\C/C=C\CCCCCCCCCCCCCCC(=O)OC(CO)COC(=O)CCCCCCCC/C=C\C/C=C\C/C=C\CCCCC. The maximum absolute atomic E-state index is 12.3. The van der Waals surface area contributed by atoms with Gasteiger partial charge in [0.1, 0.15) is 6.61 Å². The highest BCUT2D eigenvalue weighted by Gasteiger charge is 2.16. The second-order valence-electron chi connectivity index (χ2n) is 18.6. The van der Waals surface area contributed by atoms with Crippen molar-refractivity contribution in [2.75, 3.05) is 13.2 Å².